The summed E-state index contributed by atoms with van der Waals surface area (Å²) in [5.74, 6) is 0.0920. The molecule has 6 nitrogen and oxygen atoms in total. The summed E-state index contributed by atoms with van der Waals surface area (Å²) in [5.41, 5.74) is 0.965. The molecule has 128 valence electrons. The number of alkyl halides is 2. The van der Waals surface area contributed by atoms with E-state index in [9.17, 15) is 13.6 Å². The van der Waals surface area contributed by atoms with Gasteiger partial charge in [-0.25, -0.2) is 4.68 Å². The van der Waals surface area contributed by atoms with E-state index in [4.69, 9.17) is 0 Å². The maximum absolute atomic E-state index is 12.3. The Morgan fingerprint density at radius 2 is 1.92 bits per heavy atom. The molecule has 2 aromatic carbocycles. The third-order valence-corrected chi connectivity index (χ3v) is 3.32. The van der Waals surface area contributed by atoms with Crippen LogP contribution in [-0.4, -0.2) is 27.3 Å². The first-order valence-electron chi connectivity index (χ1n) is 7.38. The molecule has 0 unspecified atom stereocenters. The van der Waals surface area contributed by atoms with Gasteiger partial charge in [-0.15, -0.1) is 5.10 Å². The Labute approximate surface area is 142 Å². The quantitative estimate of drug-likeness (QED) is 0.770. The molecule has 0 saturated heterocycles. The molecular weight excluding hydrogens is 330 g/mol. The van der Waals surface area contributed by atoms with Crippen molar-refractivity contribution in [2.45, 2.75) is 13.5 Å². The number of nitrogens with one attached hydrogen (secondary N) is 1. The summed E-state index contributed by atoms with van der Waals surface area (Å²) in [6, 6.07) is 14.8. The molecule has 1 N–H and O–H groups in total. The van der Waals surface area contributed by atoms with Crippen LogP contribution in [-0.2, 0) is 0 Å². The Morgan fingerprint density at radius 3 is 2.64 bits per heavy atom. The van der Waals surface area contributed by atoms with E-state index in [1.54, 1.807) is 11.6 Å². The lowest BCUT2D eigenvalue weighted by molar-refractivity contribution is -0.0498. The molecule has 0 atom stereocenters. The second-order valence-corrected chi connectivity index (χ2v) is 5.09. The molecule has 0 aliphatic carbocycles. The topological polar surface area (TPSA) is 69.0 Å². The van der Waals surface area contributed by atoms with Crippen LogP contribution in [0.25, 0.3) is 5.69 Å². The molecule has 0 spiro atoms. The van der Waals surface area contributed by atoms with Crippen molar-refractivity contribution < 1.29 is 18.3 Å². The van der Waals surface area contributed by atoms with Gasteiger partial charge >= 0.3 is 6.61 Å². The number of benzene rings is 2. The van der Waals surface area contributed by atoms with E-state index < -0.39 is 12.5 Å². The third kappa shape index (κ3) is 3.97. The number of halogens is 2. The van der Waals surface area contributed by atoms with Crippen LogP contribution in [0.2, 0.25) is 0 Å². The number of carbonyl (C=O) groups is 1. The molecule has 3 aromatic rings. The first-order chi connectivity index (χ1) is 12.0. The van der Waals surface area contributed by atoms with Gasteiger partial charge in [0.15, 0.2) is 0 Å². The molecule has 1 heterocycles. The molecule has 0 bridgehead atoms. The van der Waals surface area contributed by atoms with E-state index in [0.717, 1.165) is 5.69 Å². The minimum atomic E-state index is -2.95. The zero-order chi connectivity index (χ0) is 17.8. The SMILES string of the molecule is Cc1nc(NC(=O)c2cccc(OC(F)F)c2)nn1-c1ccccc1. The monoisotopic (exact) mass is 344 g/mol. The van der Waals surface area contributed by atoms with Gasteiger partial charge in [0.2, 0.25) is 5.95 Å². The maximum atomic E-state index is 12.3. The molecular formula is C17H14F2N4O2. The summed E-state index contributed by atoms with van der Waals surface area (Å²) in [6.07, 6.45) is 0. The average molecular weight is 344 g/mol. The van der Waals surface area contributed by atoms with Crippen LogP contribution in [0.5, 0.6) is 5.75 Å². The van der Waals surface area contributed by atoms with Gasteiger partial charge in [0.05, 0.1) is 5.69 Å². The molecule has 0 aliphatic heterocycles. The van der Waals surface area contributed by atoms with Gasteiger partial charge in [0.1, 0.15) is 11.6 Å². The number of rotatable bonds is 5. The molecule has 0 fully saturated rings. The molecule has 0 radical (unpaired) electrons. The maximum Gasteiger partial charge on any atom is 0.387 e. The van der Waals surface area contributed by atoms with Crippen molar-refractivity contribution in [3.05, 3.63) is 66.0 Å². The standard InChI is InChI=1S/C17H14F2N4O2/c1-11-20-17(22-23(11)13-7-3-2-4-8-13)21-15(24)12-6-5-9-14(10-12)25-16(18)19/h2-10,16H,1H3,(H,21,22,24). The van der Waals surface area contributed by atoms with E-state index >= 15 is 0 Å². The fraction of sp³-hybridized carbons (Fsp3) is 0.118. The van der Waals surface area contributed by atoms with E-state index in [1.807, 2.05) is 30.3 Å². The molecule has 25 heavy (non-hydrogen) atoms. The number of aromatic nitrogens is 3. The smallest absolute Gasteiger partial charge is 0.387 e. The second kappa shape index (κ2) is 7.08. The third-order valence-electron chi connectivity index (χ3n) is 3.32. The highest BCUT2D eigenvalue weighted by molar-refractivity contribution is 6.03. The van der Waals surface area contributed by atoms with E-state index in [-0.39, 0.29) is 17.3 Å². The summed E-state index contributed by atoms with van der Waals surface area (Å²) in [5, 5.41) is 6.78. The van der Waals surface area contributed by atoms with E-state index in [0.29, 0.717) is 5.82 Å². The van der Waals surface area contributed by atoms with Crippen LogP contribution in [0.1, 0.15) is 16.2 Å². The van der Waals surface area contributed by atoms with Gasteiger partial charge < -0.3 is 4.74 Å². The first-order valence-corrected chi connectivity index (χ1v) is 7.38. The van der Waals surface area contributed by atoms with E-state index in [2.05, 4.69) is 20.1 Å². The number of anilines is 1. The van der Waals surface area contributed by atoms with Crippen LogP contribution >= 0.6 is 0 Å². The van der Waals surface area contributed by atoms with Crippen molar-refractivity contribution in [3.63, 3.8) is 0 Å². The Hall–Kier alpha value is -3.29. The number of para-hydroxylation sites is 1. The predicted molar refractivity (Wildman–Crippen MR) is 87.1 cm³/mol. The lowest BCUT2D eigenvalue weighted by atomic mass is 10.2. The van der Waals surface area contributed by atoms with Crippen LogP contribution in [0.3, 0.4) is 0 Å². The summed E-state index contributed by atoms with van der Waals surface area (Å²) in [6.45, 7) is -1.20. The predicted octanol–water partition coefficient (Wildman–Crippen LogP) is 3.43. The highest BCUT2D eigenvalue weighted by Gasteiger charge is 2.13. The van der Waals surface area contributed by atoms with Crippen molar-refractivity contribution in [3.8, 4) is 11.4 Å². The number of aryl methyl sites for hydroxylation is 1. The van der Waals surface area contributed by atoms with Crippen LogP contribution in [0.15, 0.2) is 54.6 Å². The zero-order valence-electron chi connectivity index (χ0n) is 13.2. The van der Waals surface area contributed by atoms with Crippen molar-refractivity contribution >= 4 is 11.9 Å². The Balaban J connectivity index is 1.78. The number of amides is 1. The zero-order valence-corrected chi connectivity index (χ0v) is 13.2. The molecule has 1 amide bonds. The van der Waals surface area contributed by atoms with Gasteiger partial charge in [-0.1, -0.05) is 24.3 Å². The van der Waals surface area contributed by atoms with Gasteiger partial charge in [0.25, 0.3) is 5.91 Å². The minimum Gasteiger partial charge on any atom is -0.435 e. The highest BCUT2D eigenvalue weighted by atomic mass is 19.3. The molecule has 1 aromatic heterocycles. The molecule has 0 aliphatic rings. The van der Waals surface area contributed by atoms with Crippen molar-refractivity contribution in [1.29, 1.82) is 0 Å². The van der Waals surface area contributed by atoms with Gasteiger partial charge in [0, 0.05) is 5.56 Å². The number of ether oxygens (including phenoxy) is 1. The molecule has 0 saturated carbocycles. The normalized spacial score (nSPS) is 10.7. The minimum absolute atomic E-state index is 0.0957. The summed E-state index contributed by atoms with van der Waals surface area (Å²) in [4.78, 5) is 16.5. The van der Waals surface area contributed by atoms with Crippen LogP contribution in [0.4, 0.5) is 14.7 Å². The number of hydrogen-bond acceptors (Lipinski definition) is 4. The summed E-state index contributed by atoms with van der Waals surface area (Å²) < 4.78 is 30.4. The van der Waals surface area contributed by atoms with Gasteiger partial charge in [-0.3, -0.25) is 10.1 Å². The fourth-order valence-electron chi connectivity index (χ4n) is 2.24. The largest absolute Gasteiger partial charge is 0.435 e. The Morgan fingerprint density at radius 1 is 1.16 bits per heavy atom. The fourth-order valence-corrected chi connectivity index (χ4v) is 2.24. The summed E-state index contributed by atoms with van der Waals surface area (Å²) >= 11 is 0. The number of hydrogen-bond donors (Lipinski definition) is 1. The molecule has 3 rings (SSSR count). The van der Waals surface area contributed by atoms with Crippen molar-refractivity contribution in [1.82, 2.24) is 14.8 Å². The summed E-state index contributed by atoms with van der Waals surface area (Å²) in [7, 11) is 0. The van der Waals surface area contributed by atoms with Crippen molar-refractivity contribution in [2.75, 3.05) is 5.32 Å². The van der Waals surface area contributed by atoms with Crippen LogP contribution < -0.4 is 10.1 Å². The number of nitrogens with zero attached hydrogens (tertiary/aromatic N) is 3. The van der Waals surface area contributed by atoms with Crippen molar-refractivity contribution in [2.24, 2.45) is 0 Å². The first kappa shape index (κ1) is 16.6. The highest BCUT2D eigenvalue weighted by Crippen LogP contribution is 2.17. The Bertz CT molecular complexity index is 881. The van der Waals surface area contributed by atoms with E-state index in [1.165, 1.54) is 24.3 Å². The second-order valence-electron chi connectivity index (χ2n) is 5.09. The average Bonchev–Trinajstić information content (AvgIpc) is 2.95. The lowest BCUT2D eigenvalue weighted by Gasteiger charge is -2.06. The Kier molecular flexibility index (Phi) is 4.69. The lowest BCUT2D eigenvalue weighted by Crippen LogP contribution is -2.13. The number of carbonyl (C=O) groups excluding carboxylic acids is 1. The van der Waals surface area contributed by atoms with Gasteiger partial charge in [-0.2, -0.15) is 13.8 Å². The molecule has 8 heteroatoms. The van der Waals surface area contributed by atoms with Gasteiger partial charge in [-0.05, 0) is 37.3 Å². The van der Waals surface area contributed by atoms with Crippen LogP contribution in [0, 0.1) is 6.92 Å².